The van der Waals surface area contributed by atoms with Crippen LogP contribution in [0.1, 0.15) is 13.8 Å². The number of amides is 1. The van der Waals surface area contributed by atoms with Crippen LogP contribution in [0, 0.1) is 0 Å². The standard InChI is InChI=1S/C11H14F2N2OS/c1-11(2,14)9(16)15-7-4-3-5-8(6-7)17-10(12)13/h3-6,10H,14H2,1-2H3,(H,15,16). The number of hydrogen-bond acceptors (Lipinski definition) is 3. The molecule has 94 valence electrons. The first-order chi connectivity index (χ1) is 7.79. The third kappa shape index (κ3) is 4.70. The summed E-state index contributed by atoms with van der Waals surface area (Å²) in [4.78, 5) is 12.0. The molecule has 0 spiro atoms. The topological polar surface area (TPSA) is 55.1 Å². The third-order valence-corrected chi connectivity index (χ3v) is 2.61. The molecule has 0 heterocycles. The maximum absolute atomic E-state index is 12.2. The summed E-state index contributed by atoms with van der Waals surface area (Å²) in [7, 11) is 0. The molecule has 1 rings (SSSR count). The summed E-state index contributed by atoms with van der Waals surface area (Å²) in [5.41, 5.74) is 5.06. The number of alkyl halides is 2. The number of thioether (sulfide) groups is 1. The van der Waals surface area contributed by atoms with Crippen LogP contribution >= 0.6 is 11.8 Å². The van der Waals surface area contributed by atoms with E-state index in [2.05, 4.69) is 5.32 Å². The molecule has 0 bridgehead atoms. The van der Waals surface area contributed by atoms with Gasteiger partial charge in [0.15, 0.2) is 0 Å². The fourth-order valence-corrected chi connectivity index (χ4v) is 1.60. The Balaban J connectivity index is 2.76. The van der Waals surface area contributed by atoms with Crippen molar-refractivity contribution in [2.75, 3.05) is 5.32 Å². The minimum absolute atomic E-state index is 0.364. The second-order valence-electron chi connectivity index (χ2n) is 4.08. The van der Waals surface area contributed by atoms with Crippen LogP contribution in [-0.2, 0) is 4.79 Å². The number of hydrogen-bond donors (Lipinski definition) is 2. The summed E-state index contributed by atoms with van der Waals surface area (Å²) >= 11 is 0.431. The highest BCUT2D eigenvalue weighted by Crippen LogP contribution is 2.27. The molecule has 0 saturated heterocycles. The average Bonchev–Trinajstić information content (AvgIpc) is 2.15. The lowest BCUT2D eigenvalue weighted by Gasteiger charge is -2.18. The normalized spacial score (nSPS) is 11.6. The monoisotopic (exact) mass is 260 g/mol. The maximum atomic E-state index is 12.2. The molecule has 0 aliphatic rings. The first kappa shape index (κ1) is 13.9. The van der Waals surface area contributed by atoms with Gasteiger partial charge in [0.25, 0.3) is 5.76 Å². The van der Waals surface area contributed by atoms with Crippen molar-refractivity contribution in [3.63, 3.8) is 0 Å². The number of halogens is 2. The molecule has 3 N–H and O–H groups in total. The number of nitrogens with two attached hydrogens (primary N) is 1. The molecule has 0 atom stereocenters. The lowest BCUT2D eigenvalue weighted by Crippen LogP contribution is -2.45. The minimum atomic E-state index is -2.48. The molecule has 1 aromatic carbocycles. The zero-order chi connectivity index (χ0) is 13.1. The van der Waals surface area contributed by atoms with E-state index in [1.165, 1.54) is 6.07 Å². The van der Waals surface area contributed by atoms with Crippen molar-refractivity contribution in [1.82, 2.24) is 0 Å². The summed E-state index contributed by atoms with van der Waals surface area (Å²) in [6, 6.07) is 6.27. The average molecular weight is 260 g/mol. The summed E-state index contributed by atoms with van der Waals surface area (Å²) < 4.78 is 24.3. The smallest absolute Gasteiger partial charge is 0.288 e. The van der Waals surface area contributed by atoms with Gasteiger partial charge in [-0.05, 0) is 32.0 Å². The molecule has 17 heavy (non-hydrogen) atoms. The Morgan fingerprint density at radius 1 is 1.47 bits per heavy atom. The molecule has 6 heteroatoms. The molecule has 1 aromatic rings. The van der Waals surface area contributed by atoms with Crippen molar-refractivity contribution >= 4 is 23.4 Å². The highest BCUT2D eigenvalue weighted by molar-refractivity contribution is 7.99. The Bertz CT molecular complexity index is 405. The van der Waals surface area contributed by atoms with E-state index in [0.717, 1.165) is 0 Å². The van der Waals surface area contributed by atoms with E-state index in [1.807, 2.05) is 0 Å². The molecule has 0 unspecified atom stereocenters. The van der Waals surface area contributed by atoms with Gasteiger partial charge < -0.3 is 11.1 Å². The fourth-order valence-electron chi connectivity index (χ4n) is 1.04. The largest absolute Gasteiger partial charge is 0.324 e. The van der Waals surface area contributed by atoms with Crippen LogP contribution in [0.15, 0.2) is 29.2 Å². The molecule has 0 aliphatic carbocycles. The minimum Gasteiger partial charge on any atom is -0.324 e. The number of nitrogens with one attached hydrogen (secondary N) is 1. The molecular formula is C11H14F2N2OS. The molecule has 0 aromatic heterocycles. The number of benzene rings is 1. The van der Waals surface area contributed by atoms with E-state index in [9.17, 15) is 13.6 Å². The van der Waals surface area contributed by atoms with Crippen LogP contribution in [-0.4, -0.2) is 17.2 Å². The van der Waals surface area contributed by atoms with Crippen molar-refractivity contribution in [2.24, 2.45) is 5.73 Å². The van der Waals surface area contributed by atoms with E-state index in [1.54, 1.807) is 32.0 Å². The Kier molecular flexibility index (Phi) is 4.47. The Labute approximate surface area is 103 Å². The van der Waals surface area contributed by atoms with E-state index < -0.39 is 11.3 Å². The van der Waals surface area contributed by atoms with Gasteiger partial charge in [0.2, 0.25) is 5.91 Å². The predicted octanol–water partition coefficient (Wildman–Crippen LogP) is 2.68. The van der Waals surface area contributed by atoms with Gasteiger partial charge in [-0.1, -0.05) is 17.8 Å². The van der Waals surface area contributed by atoms with Gasteiger partial charge >= 0.3 is 0 Å². The van der Waals surface area contributed by atoms with Crippen LogP contribution in [0.3, 0.4) is 0 Å². The Hall–Kier alpha value is -1.14. The van der Waals surface area contributed by atoms with Gasteiger partial charge in [0.05, 0.1) is 5.54 Å². The van der Waals surface area contributed by atoms with Crippen molar-refractivity contribution in [3.8, 4) is 0 Å². The van der Waals surface area contributed by atoms with E-state index in [-0.39, 0.29) is 5.91 Å². The van der Waals surface area contributed by atoms with E-state index in [4.69, 9.17) is 5.73 Å². The van der Waals surface area contributed by atoms with Crippen molar-refractivity contribution in [1.29, 1.82) is 0 Å². The summed E-state index contributed by atoms with van der Waals surface area (Å²) in [6.45, 7) is 3.14. The van der Waals surface area contributed by atoms with Gasteiger partial charge in [-0.2, -0.15) is 8.78 Å². The lowest BCUT2D eigenvalue weighted by molar-refractivity contribution is -0.120. The van der Waals surface area contributed by atoms with Crippen molar-refractivity contribution in [3.05, 3.63) is 24.3 Å². The number of carbonyl (C=O) groups is 1. The second-order valence-corrected chi connectivity index (χ2v) is 5.15. The highest BCUT2D eigenvalue weighted by atomic mass is 32.2. The Morgan fingerprint density at radius 2 is 2.12 bits per heavy atom. The molecule has 0 saturated carbocycles. The van der Waals surface area contributed by atoms with Crippen LogP contribution in [0.25, 0.3) is 0 Å². The molecule has 1 amide bonds. The maximum Gasteiger partial charge on any atom is 0.288 e. The van der Waals surface area contributed by atoms with E-state index in [0.29, 0.717) is 22.3 Å². The van der Waals surface area contributed by atoms with E-state index >= 15 is 0 Å². The molecular weight excluding hydrogens is 246 g/mol. The predicted molar refractivity (Wildman–Crippen MR) is 65.2 cm³/mol. The first-order valence-electron chi connectivity index (χ1n) is 4.94. The zero-order valence-electron chi connectivity index (χ0n) is 9.54. The van der Waals surface area contributed by atoms with Gasteiger partial charge in [-0.15, -0.1) is 0 Å². The van der Waals surface area contributed by atoms with Gasteiger partial charge in [-0.25, -0.2) is 0 Å². The third-order valence-electron chi connectivity index (χ3n) is 1.90. The van der Waals surface area contributed by atoms with Crippen LogP contribution < -0.4 is 11.1 Å². The zero-order valence-corrected chi connectivity index (χ0v) is 10.4. The quantitative estimate of drug-likeness (QED) is 0.818. The number of anilines is 1. The molecule has 0 aliphatic heterocycles. The summed E-state index contributed by atoms with van der Waals surface area (Å²) in [5.74, 6) is -2.84. The van der Waals surface area contributed by atoms with Gasteiger partial charge in [0, 0.05) is 10.6 Å². The summed E-state index contributed by atoms with van der Waals surface area (Å²) in [5, 5.41) is 2.57. The molecule has 0 fully saturated rings. The van der Waals surface area contributed by atoms with Crippen molar-refractivity contribution < 1.29 is 13.6 Å². The highest BCUT2D eigenvalue weighted by Gasteiger charge is 2.21. The lowest BCUT2D eigenvalue weighted by atomic mass is 10.1. The van der Waals surface area contributed by atoms with Crippen LogP contribution in [0.5, 0.6) is 0 Å². The van der Waals surface area contributed by atoms with Gasteiger partial charge in [-0.3, -0.25) is 4.79 Å². The molecule has 0 radical (unpaired) electrons. The van der Waals surface area contributed by atoms with Crippen LogP contribution in [0.2, 0.25) is 0 Å². The number of carbonyl (C=O) groups excluding carboxylic acids is 1. The summed E-state index contributed by atoms with van der Waals surface area (Å²) in [6.07, 6.45) is 0. The molecule has 3 nitrogen and oxygen atoms in total. The Morgan fingerprint density at radius 3 is 2.65 bits per heavy atom. The second kappa shape index (κ2) is 5.46. The SMILES string of the molecule is CC(C)(N)C(=O)Nc1cccc(SC(F)F)c1. The van der Waals surface area contributed by atoms with Gasteiger partial charge in [0.1, 0.15) is 0 Å². The number of rotatable bonds is 4. The van der Waals surface area contributed by atoms with Crippen LogP contribution in [0.4, 0.5) is 14.5 Å². The first-order valence-corrected chi connectivity index (χ1v) is 5.82. The van der Waals surface area contributed by atoms with Crippen molar-refractivity contribution in [2.45, 2.75) is 30.0 Å². The fraction of sp³-hybridized carbons (Fsp3) is 0.364.